The predicted molar refractivity (Wildman–Crippen MR) is 72.3 cm³/mol. The predicted octanol–water partition coefficient (Wildman–Crippen LogP) is 3.66. The molecule has 0 saturated heterocycles. The molecule has 0 aliphatic rings. The lowest BCUT2D eigenvalue weighted by molar-refractivity contribution is 0.0526. The third-order valence-corrected chi connectivity index (χ3v) is 2.72. The van der Waals surface area contributed by atoms with Crippen molar-refractivity contribution in [2.75, 3.05) is 13.2 Å². The molecule has 3 heteroatoms. The van der Waals surface area contributed by atoms with Crippen LogP contribution in [0.25, 0.3) is 0 Å². The number of hydrogen-bond acceptors (Lipinski definition) is 3. The number of carbonyl (C=O) groups is 1. The van der Waals surface area contributed by atoms with Crippen LogP contribution < -0.4 is 4.74 Å². The maximum absolute atomic E-state index is 11.7. The number of hydrogen-bond donors (Lipinski definition) is 0. The third-order valence-electron chi connectivity index (χ3n) is 2.72. The van der Waals surface area contributed by atoms with Gasteiger partial charge in [0.1, 0.15) is 5.75 Å². The van der Waals surface area contributed by atoms with Crippen molar-refractivity contribution < 1.29 is 14.3 Å². The number of esters is 1. The maximum Gasteiger partial charge on any atom is 0.338 e. The van der Waals surface area contributed by atoms with Crippen LogP contribution in [0.1, 0.15) is 48.2 Å². The van der Waals surface area contributed by atoms with Crippen molar-refractivity contribution >= 4 is 5.97 Å². The Labute approximate surface area is 109 Å². The Kier molecular flexibility index (Phi) is 5.69. The third kappa shape index (κ3) is 3.76. The van der Waals surface area contributed by atoms with Crippen molar-refractivity contribution in [1.82, 2.24) is 0 Å². The molecule has 0 aromatic heterocycles. The van der Waals surface area contributed by atoms with Crippen LogP contribution in [0.5, 0.6) is 5.75 Å². The second-order valence-corrected chi connectivity index (χ2v) is 4.36. The molecule has 0 radical (unpaired) electrons. The molecule has 0 fully saturated rings. The Hall–Kier alpha value is -1.51. The Morgan fingerprint density at radius 1 is 1.17 bits per heavy atom. The molecule has 1 aromatic carbocycles. The number of benzene rings is 1. The minimum atomic E-state index is -0.274. The molecule has 0 atom stereocenters. The van der Waals surface area contributed by atoms with E-state index >= 15 is 0 Å². The van der Waals surface area contributed by atoms with Gasteiger partial charge in [-0.25, -0.2) is 4.79 Å². The van der Waals surface area contributed by atoms with Crippen LogP contribution in [-0.2, 0) is 4.74 Å². The van der Waals surface area contributed by atoms with Crippen LogP contribution in [-0.4, -0.2) is 19.2 Å². The van der Waals surface area contributed by atoms with Gasteiger partial charge in [0.05, 0.1) is 18.8 Å². The normalized spacial score (nSPS) is 10.2. The second-order valence-electron chi connectivity index (χ2n) is 4.36. The maximum atomic E-state index is 11.7. The topological polar surface area (TPSA) is 35.5 Å². The molecular formula is C15H22O3. The molecule has 0 N–H and O–H groups in total. The molecule has 0 amide bonds. The van der Waals surface area contributed by atoms with E-state index in [1.807, 2.05) is 26.0 Å². The lowest BCUT2D eigenvalue weighted by Gasteiger charge is -2.13. The van der Waals surface area contributed by atoms with Crippen molar-refractivity contribution in [3.05, 3.63) is 28.8 Å². The van der Waals surface area contributed by atoms with Gasteiger partial charge in [-0.15, -0.1) is 0 Å². The number of ether oxygens (including phenoxy) is 2. The summed E-state index contributed by atoms with van der Waals surface area (Å²) < 4.78 is 10.7. The van der Waals surface area contributed by atoms with E-state index in [0.29, 0.717) is 12.2 Å². The SMILES string of the molecule is CCCCOc1c(C)cc(C(=O)OCC)cc1C. The summed E-state index contributed by atoms with van der Waals surface area (Å²) in [6.45, 7) is 8.96. The smallest absolute Gasteiger partial charge is 0.338 e. The van der Waals surface area contributed by atoms with Crippen molar-refractivity contribution in [2.24, 2.45) is 0 Å². The molecule has 1 rings (SSSR count). The summed E-state index contributed by atoms with van der Waals surface area (Å²) in [7, 11) is 0. The fraction of sp³-hybridized carbons (Fsp3) is 0.533. The summed E-state index contributed by atoms with van der Waals surface area (Å²) in [5.41, 5.74) is 2.55. The molecule has 0 unspecified atom stereocenters. The minimum Gasteiger partial charge on any atom is -0.493 e. The highest BCUT2D eigenvalue weighted by atomic mass is 16.5. The molecule has 3 nitrogen and oxygen atoms in total. The summed E-state index contributed by atoms with van der Waals surface area (Å²) in [6, 6.07) is 3.65. The minimum absolute atomic E-state index is 0.274. The zero-order valence-electron chi connectivity index (χ0n) is 11.7. The summed E-state index contributed by atoms with van der Waals surface area (Å²) in [4.78, 5) is 11.7. The van der Waals surface area contributed by atoms with Crippen LogP contribution in [0.15, 0.2) is 12.1 Å². The zero-order chi connectivity index (χ0) is 13.5. The molecule has 0 saturated carbocycles. The zero-order valence-corrected chi connectivity index (χ0v) is 11.7. The van der Waals surface area contributed by atoms with Crippen LogP contribution in [0.3, 0.4) is 0 Å². The number of aryl methyl sites for hydroxylation is 2. The van der Waals surface area contributed by atoms with Gasteiger partial charge in [-0.05, 0) is 50.5 Å². The van der Waals surface area contributed by atoms with Gasteiger partial charge >= 0.3 is 5.97 Å². The summed E-state index contributed by atoms with van der Waals surface area (Å²) in [5, 5.41) is 0. The molecule has 0 heterocycles. The largest absolute Gasteiger partial charge is 0.493 e. The van der Waals surface area contributed by atoms with Crippen LogP contribution in [0, 0.1) is 13.8 Å². The molecule has 0 aliphatic heterocycles. The average molecular weight is 250 g/mol. The number of rotatable bonds is 6. The van der Waals surface area contributed by atoms with Gasteiger partial charge in [0, 0.05) is 0 Å². The summed E-state index contributed by atoms with van der Waals surface area (Å²) >= 11 is 0. The Bertz CT molecular complexity index is 387. The van der Waals surface area contributed by atoms with E-state index in [2.05, 4.69) is 6.92 Å². The highest BCUT2D eigenvalue weighted by Gasteiger charge is 2.12. The molecular weight excluding hydrogens is 228 g/mol. The first-order chi connectivity index (χ1) is 8.60. The van der Waals surface area contributed by atoms with Gasteiger partial charge in [0.2, 0.25) is 0 Å². The van der Waals surface area contributed by atoms with Crippen LogP contribution in [0.2, 0.25) is 0 Å². The summed E-state index contributed by atoms with van der Waals surface area (Å²) in [5.74, 6) is 0.611. The Balaban J connectivity index is 2.87. The first kappa shape index (κ1) is 14.6. The first-order valence-corrected chi connectivity index (χ1v) is 6.51. The number of unbranched alkanes of at least 4 members (excludes halogenated alkanes) is 1. The highest BCUT2D eigenvalue weighted by molar-refractivity contribution is 5.90. The van der Waals surface area contributed by atoms with E-state index < -0.39 is 0 Å². The van der Waals surface area contributed by atoms with Gasteiger partial charge in [-0.2, -0.15) is 0 Å². The standard InChI is InChI=1S/C15H22O3/c1-5-7-8-18-14-11(3)9-13(10-12(14)4)15(16)17-6-2/h9-10H,5-8H2,1-4H3. The van der Waals surface area contributed by atoms with Crippen LogP contribution in [0.4, 0.5) is 0 Å². The Morgan fingerprint density at radius 3 is 2.28 bits per heavy atom. The van der Waals surface area contributed by atoms with E-state index in [4.69, 9.17) is 9.47 Å². The number of carbonyl (C=O) groups excluding carboxylic acids is 1. The summed E-state index contributed by atoms with van der Waals surface area (Å²) in [6.07, 6.45) is 2.15. The molecule has 0 spiro atoms. The van der Waals surface area contributed by atoms with Gasteiger partial charge in [-0.1, -0.05) is 13.3 Å². The monoisotopic (exact) mass is 250 g/mol. The Morgan fingerprint density at radius 2 is 1.78 bits per heavy atom. The van der Waals surface area contributed by atoms with Crippen LogP contribution >= 0.6 is 0 Å². The van der Waals surface area contributed by atoms with Crippen molar-refractivity contribution in [2.45, 2.75) is 40.5 Å². The fourth-order valence-corrected chi connectivity index (χ4v) is 1.83. The van der Waals surface area contributed by atoms with Gasteiger partial charge in [-0.3, -0.25) is 0 Å². The van der Waals surface area contributed by atoms with E-state index in [1.165, 1.54) is 0 Å². The van der Waals surface area contributed by atoms with E-state index in [-0.39, 0.29) is 5.97 Å². The lowest BCUT2D eigenvalue weighted by atomic mass is 10.1. The van der Waals surface area contributed by atoms with Gasteiger partial charge in [0.15, 0.2) is 0 Å². The molecule has 1 aromatic rings. The van der Waals surface area contributed by atoms with Crippen molar-refractivity contribution in [3.63, 3.8) is 0 Å². The highest BCUT2D eigenvalue weighted by Crippen LogP contribution is 2.25. The van der Waals surface area contributed by atoms with E-state index in [9.17, 15) is 4.79 Å². The van der Waals surface area contributed by atoms with E-state index in [1.54, 1.807) is 6.92 Å². The quantitative estimate of drug-likeness (QED) is 0.571. The average Bonchev–Trinajstić information content (AvgIpc) is 2.32. The van der Waals surface area contributed by atoms with E-state index in [0.717, 1.165) is 36.3 Å². The molecule has 0 bridgehead atoms. The first-order valence-electron chi connectivity index (χ1n) is 6.51. The second kappa shape index (κ2) is 7.04. The fourth-order valence-electron chi connectivity index (χ4n) is 1.83. The van der Waals surface area contributed by atoms with Gasteiger partial charge in [0.25, 0.3) is 0 Å². The molecule has 18 heavy (non-hydrogen) atoms. The lowest BCUT2D eigenvalue weighted by Crippen LogP contribution is -2.07. The van der Waals surface area contributed by atoms with Crippen molar-refractivity contribution in [3.8, 4) is 5.75 Å². The molecule has 0 aliphatic carbocycles. The molecule has 100 valence electrons. The van der Waals surface area contributed by atoms with Crippen molar-refractivity contribution in [1.29, 1.82) is 0 Å². The van der Waals surface area contributed by atoms with Gasteiger partial charge < -0.3 is 9.47 Å².